The van der Waals surface area contributed by atoms with Gasteiger partial charge in [0.2, 0.25) is 0 Å². The van der Waals surface area contributed by atoms with Gasteiger partial charge in [-0.15, -0.1) is 11.6 Å². The molecule has 0 nitrogen and oxygen atoms in total. The summed E-state index contributed by atoms with van der Waals surface area (Å²) in [6, 6.07) is 4.81. The lowest BCUT2D eigenvalue weighted by molar-refractivity contribution is -0.137. The molecule has 16 heavy (non-hydrogen) atoms. The summed E-state index contributed by atoms with van der Waals surface area (Å²) in [4.78, 5) is 0. The molecule has 4 heteroatoms. The Hall–Kier alpha value is -1.14. The molecule has 1 aromatic carbocycles. The molecule has 0 aliphatic carbocycles. The van der Waals surface area contributed by atoms with Crippen molar-refractivity contribution in [2.45, 2.75) is 19.0 Å². The van der Waals surface area contributed by atoms with Crippen molar-refractivity contribution in [3.63, 3.8) is 0 Å². The number of unbranched alkanes of at least 4 members (excludes halogenated alkanes) is 1. The minimum Gasteiger partial charge on any atom is -0.166 e. The van der Waals surface area contributed by atoms with Crippen LogP contribution in [0.2, 0.25) is 0 Å². The lowest BCUT2D eigenvalue weighted by atomic mass is 10.1. The standard InChI is InChI=1S/C12H10ClF3/c13-9-3-1-2-4-10-5-7-11(8-6-10)12(14,15)16/h5-8H,1,3,9H2. The zero-order valence-electron chi connectivity index (χ0n) is 8.44. The van der Waals surface area contributed by atoms with E-state index in [-0.39, 0.29) is 0 Å². The average Bonchev–Trinajstić information content (AvgIpc) is 2.24. The highest BCUT2D eigenvalue weighted by molar-refractivity contribution is 6.17. The Morgan fingerprint density at radius 2 is 1.75 bits per heavy atom. The molecule has 0 atom stereocenters. The second-order valence-electron chi connectivity index (χ2n) is 3.17. The predicted molar refractivity (Wildman–Crippen MR) is 58.3 cm³/mol. The molecule has 0 radical (unpaired) electrons. The van der Waals surface area contributed by atoms with Gasteiger partial charge in [-0.1, -0.05) is 11.8 Å². The summed E-state index contributed by atoms with van der Waals surface area (Å²) in [5.41, 5.74) is -0.0682. The first-order valence-electron chi connectivity index (χ1n) is 4.76. The van der Waals surface area contributed by atoms with Crippen molar-refractivity contribution < 1.29 is 13.2 Å². The summed E-state index contributed by atoms with van der Waals surface area (Å²) in [5, 5.41) is 0. The molecule has 0 heterocycles. The number of rotatable bonds is 2. The number of benzene rings is 1. The quantitative estimate of drug-likeness (QED) is 0.419. The van der Waals surface area contributed by atoms with Gasteiger partial charge in [0, 0.05) is 17.9 Å². The van der Waals surface area contributed by atoms with Gasteiger partial charge in [0.05, 0.1) is 5.56 Å². The molecule has 0 spiro atoms. The maximum atomic E-state index is 12.2. The molecule has 0 fully saturated rings. The third-order valence-electron chi connectivity index (χ3n) is 1.88. The molecule has 0 unspecified atom stereocenters. The van der Waals surface area contributed by atoms with Crippen LogP contribution < -0.4 is 0 Å². The lowest BCUT2D eigenvalue weighted by Gasteiger charge is -2.05. The van der Waals surface area contributed by atoms with Crippen LogP contribution in [0, 0.1) is 11.8 Å². The van der Waals surface area contributed by atoms with Gasteiger partial charge < -0.3 is 0 Å². The highest BCUT2D eigenvalue weighted by atomic mass is 35.5. The minimum absolute atomic E-state index is 0.543. The molecule has 0 aliphatic rings. The van der Waals surface area contributed by atoms with Gasteiger partial charge in [0.15, 0.2) is 0 Å². The van der Waals surface area contributed by atoms with E-state index in [1.165, 1.54) is 12.1 Å². The smallest absolute Gasteiger partial charge is 0.166 e. The predicted octanol–water partition coefficient (Wildman–Crippen LogP) is 4.08. The van der Waals surface area contributed by atoms with Crippen molar-refractivity contribution >= 4 is 11.6 Å². The Balaban J connectivity index is 2.67. The lowest BCUT2D eigenvalue weighted by Crippen LogP contribution is -2.04. The summed E-state index contributed by atoms with van der Waals surface area (Å²) in [7, 11) is 0. The van der Waals surface area contributed by atoms with Gasteiger partial charge in [-0.05, 0) is 30.7 Å². The summed E-state index contributed by atoms with van der Waals surface area (Å²) in [6.07, 6.45) is -2.84. The van der Waals surface area contributed by atoms with Crippen LogP contribution in [0.3, 0.4) is 0 Å². The molecule has 0 aromatic heterocycles. The largest absolute Gasteiger partial charge is 0.416 e. The number of halogens is 4. The Labute approximate surface area is 97.4 Å². The van der Waals surface area contributed by atoms with E-state index in [1.807, 2.05) is 0 Å². The third kappa shape index (κ3) is 4.16. The van der Waals surface area contributed by atoms with Crippen molar-refractivity contribution in [1.29, 1.82) is 0 Å². The van der Waals surface area contributed by atoms with E-state index in [0.29, 0.717) is 17.9 Å². The molecule has 0 amide bonds. The maximum absolute atomic E-state index is 12.2. The van der Waals surface area contributed by atoms with Gasteiger partial charge >= 0.3 is 6.18 Å². The van der Waals surface area contributed by atoms with E-state index in [1.54, 1.807) is 0 Å². The topological polar surface area (TPSA) is 0 Å². The van der Waals surface area contributed by atoms with Crippen LogP contribution in [0.15, 0.2) is 24.3 Å². The first-order chi connectivity index (χ1) is 7.54. The van der Waals surface area contributed by atoms with E-state index >= 15 is 0 Å². The van der Waals surface area contributed by atoms with Crippen LogP contribution in [-0.2, 0) is 6.18 Å². The average molecular weight is 247 g/mol. The Morgan fingerprint density at radius 1 is 1.12 bits per heavy atom. The first kappa shape index (κ1) is 12.9. The number of hydrogen-bond donors (Lipinski definition) is 0. The fourth-order valence-corrected chi connectivity index (χ4v) is 1.20. The van der Waals surface area contributed by atoms with Crippen LogP contribution in [-0.4, -0.2) is 5.88 Å². The molecule has 0 saturated heterocycles. The van der Waals surface area contributed by atoms with Crippen LogP contribution in [0.1, 0.15) is 24.0 Å². The van der Waals surface area contributed by atoms with Gasteiger partial charge in [-0.2, -0.15) is 13.2 Å². The third-order valence-corrected chi connectivity index (χ3v) is 2.15. The molecule has 0 N–H and O–H groups in total. The Morgan fingerprint density at radius 3 is 2.25 bits per heavy atom. The summed E-state index contributed by atoms with van der Waals surface area (Å²) < 4.78 is 36.7. The van der Waals surface area contributed by atoms with Gasteiger partial charge in [-0.25, -0.2) is 0 Å². The highest BCUT2D eigenvalue weighted by Gasteiger charge is 2.29. The van der Waals surface area contributed by atoms with Crippen LogP contribution in [0.25, 0.3) is 0 Å². The second-order valence-corrected chi connectivity index (χ2v) is 3.55. The van der Waals surface area contributed by atoms with Crippen LogP contribution >= 0.6 is 11.6 Å². The summed E-state index contributed by atoms with van der Waals surface area (Å²) in [5.74, 6) is 6.17. The fourth-order valence-electron chi connectivity index (χ4n) is 1.06. The van der Waals surface area contributed by atoms with Gasteiger partial charge in [-0.3, -0.25) is 0 Å². The molecule has 1 rings (SSSR count). The van der Waals surface area contributed by atoms with Crippen molar-refractivity contribution in [3.8, 4) is 11.8 Å². The normalized spacial score (nSPS) is 10.8. The van der Waals surface area contributed by atoms with E-state index in [4.69, 9.17) is 11.6 Å². The van der Waals surface area contributed by atoms with Crippen molar-refractivity contribution in [3.05, 3.63) is 35.4 Å². The molecule has 1 aromatic rings. The van der Waals surface area contributed by atoms with E-state index in [9.17, 15) is 13.2 Å². The minimum atomic E-state index is -4.29. The zero-order chi connectivity index (χ0) is 12.0. The SMILES string of the molecule is FC(F)(F)c1ccc(C#CCCCCl)cc1. The van der Waals surface area contributed by atoms with Crippen molar-refractivity contribution in [2.75, 3.05) is 5.88 Å². The maximum Gasteiger partial charge on any atom is 0.416 e. The van der Waals surface area contributed by atoms with E-state index in [0.717, 1.165) is 18.6 Å². The molecule has 0 aliphatic heterocycles. The first-order valence-corrected chi connectivity index (χ1v) is 5.29. The number of alkyl halides is 4. The van der Waals surface area contributed by atoms with Crippen molar-refractivity contribution in [2.24, 2.45) is 0 Å². The Kier molecular flexibility index (Phi) is 4.70. The van der Waals surface area contributed by atoms with E-state index in [2.05, 4.69) is 11.8 Å². The van der Waals surface area contributed by atoms with E-state index < -0.39 is 11.7 Å². The van der Waals surface area contributed by atoms with Crippen molar-refractivity contribution in [1.82, 2.24) is 0 Å². The molecule has 0 bridgehead atoms. The van der Waals surface area contributed by atoms with Gasteiger partial charge in [0.1, 0.15) is 0 Å². The van der Waals surface area contributed by atoms with Crippen LogP contribution in [0.4, 0.5) is 13.2 Å². The number of hydrogen-bond acceptors (Lipinski definition) is 0. The highest BCUT2D eigenvalue weighted by Crippen LogP contribution is 2.28. The molecule has 0 saturated carbocycles. The van der Waals surface area contributed by atoms with Crippen LogP contribution in [0.5, 0.6) is 0 Å². The fraction of sp³-hybridized carbons (Fsp3) is 0.333. The monoisotopic (exact) mass is 246 g/mol. The summed E-state index contributed by atoms with van der Waals surface area (Å²) in [6.45, 7) is 0. The van der Waals surface area contributed by atoms with Gasteiger partial charge in [0.25, 0.3) is 0 Å². The Bertz CT molecular complexity index is 381. The summed E-state index contributed by atoms with van der Waals surface area (Å²) >= 11 is 5.46. The zero-order valence-corrected chi connectivity index (χ0v) is 9.20. The second kappa shape index (κ2) is 5.81. The molecule has 86 valence electrons. The molecular weight excluding hydrogens is 237 g/mol. The molecular formula is C12H10ClF3.